The fourth-order valence-electron chi connectivity index (χ4n) is 2.26. The molecule has 1 aliphatic rings. The van der Waals surface area contributed by atoms with Crippen molar-refractivity contribution in [3.05, 3.63) is 36.5 Å². The van der Waals surface area contributed by atoms with Gasteiger partial charge in [-0.3, -0.25) is 4.79 Å². The number of amides is 1. The van der Waals surface area contributed by atoms with Gasteiger partial charge < -0.3 is 20.5 Å². The molecular weight excluding hydrogens is 346 g/mol. The van der Waals surface area contributed by atoms with Gasteiger partial charge in [0, 0.05) is 12.5 Å². The standard InChI is InChI=1S/C16H17N3O5S/c17-15-4-1-11(10-18-15)19-16(20)5-8-25(21,22)12-2-3-13-14(9-12)24-7-6-23-13/h1-4,9-10H,5-8H2,(H2,17,18)(H,19,20). The molecule has 0 atom stereocenters. The first kappa shape index (κ1) is 17.0. The Labute approximate surface area is 144 Å². The molecule has 1 aliphatic heterocycles. The summed E-state index contributed by atoms with van der Waals surface area (Å²) in [4.78, 5) is 15.9. The van der Waals surface area contributed by atoms with Gasteiger partial charge in [0.1, 0.15) is 19.0 Å². The average molecular weight is 363 g/mol. The van der Waals surface area contributed by atoms with Crippen molar-refractivity contribution in [3.8, 4) is 11.5 Å². The Hall–Kier alpha value is -2.81. The van der Waals surface area contributed by atoms with Gasteiger partial charge in [-0.2, -0.15) is 0 Å². The molecule has 1 aromatic heterocycles. The number of fused-ring (bicyclic) bond motifs is 1. The maximum atomic E-state index is 12.4. The number of sulfone groups is 1. The minimum absolute atomic E-state index is 0.0960. The summed E-state index contributed by atoms with van der Waals surface area (Å²) < 4.78 is 35.6. The van der Waals surface area contributed by atoms with Crippen LogP contribution >= 0.6 is 0 Å². The van der Waals surface area contributed by atoms with Crippen LogP contribution in [0.1, 0.15) is 6.42 Å². The Morgan fingerprint density at radius 1 is 1.16 bits per heavy atom. The number of nitrogens with two attached hydrogens (primary N) is 1. The molecular formula is C16H17N3O5S. The van der Waals surface area contributed by atoms with Crippen molar-refractivity contribution < 1.29 is 22.7 Å². The van der Waals surface area contributed by atoms with E-state index >= 15 is 0 Å². The summed E-state index contributed by atoms with van der Waals surface area (Å²) in [7, 11) is -3.62. The first-order valence-electron chi connectivity index (χ1n) is 7.58. The first-order chi connectivity index (χ1) is 11.9. The van der Waals surface area contributed by atoms with E-state index in [1.165, 1.54) is 18.3 Å². The maximum Gasteiger partial charge on any atom is 0.225 e. The lowest BCUT2D eigenvalue weighted by molar-refractivity contribution is -0.115. The van der Waals surface area contributed by atoms with E-state index in [0.717, 1.165) is 0 Å². The molecule has 2 heterocycles. The van der Waals surface area contributed by atoms with Crippen molar-refractivity contribution in [1.82, 2.24) is 4.98 Å². The van der Waals surface area contributed by atoms with Crippen molar-refractivity contribution in [3.63, 3.8) is 0 Å². The van der Waals surface area contributed by atoms with E-state index in [4.69, 9.17) is 15.2 Å². The Morgan fingerprint density at radius 3 is 2.64 bits per heavy atom. The van der Waals surface area contributed by atoms with Crippen LogP contribution in [0.2, 0.25) is 0 Å². The van der Waals surface area contributed by atoms with Crippen molar-refractivity contribution in [1.29, 1.82) is 0 Å². The second-order valence-corrected chi connectivity index (χ2v) is 7.50. The topological polar surface area (TPSA) is 121 Å². The monoisotopic (exact) mass is 363 g/mol. The number of hydrogen-bond donors (Lipinski definition) is 2. The summed E-state index contributed by atoms with van der Waals surface area (Å²) in [5.41, 5.74) is 5.92. The number of aromatic nitrogens is 1. The van der Waals surface area contributed by atoms with Crippen LogP contribution in [0.3, 0.4) is 0 Å². The molecule has 1 aromatic carbocycles. The molecule has 8 nitrogen and oxygen atoms in total. The summed E-state index contributed by atoms with van der Waals surface area (Å²) in [6.45, 7) is 0.799. The van der Waals surface area contributed by atoms with Crippen LogP contribution in [0, 0.1) is 0 Å². The minimum Gasteiger partial charge on any atom is -0.486 e. The van der Waals surface area contributed by atoms with Gasteiger partial charge >= 0.3 is 0 Å². The van der Waals surface area contributed by atoms with Crippen LogP contribution < -0.4 is 20.5 Å². The average Bonchev–Trinajstić information content (AvgIpc) is 2.62. The number of nitrogen functional groups attached to an aromatic ring is 1. The number of benzene rings is 1. The molecule has 0 spiro atoms. The number of rotatable bonds is 5. The number of carbonyl (C=O) groups excluding carboxylic acids is 1. The Morgan fingerprint density at radius 2 is 1.92 bits per heavy atom. The SMILES string of the molecule is Nc1ccc(NC(=O)CCS(=O)(=O)c2ccc3c(c2)OCCO3)cn1. The summed E-state index contributed by atoms with van der Waals surface area (Å²) in [5, 5.41) is 2.58. The summed E-state index contributed by atoms with van der Waals surface area (Å²) in [6.07, 6.45) is 1.23. The Bertz CT molecular complexity index is 881. The van der Waals surface area contributed by atoms with Crippen LogP contribution in [-0.2, 0) is 14.6 Å². The molecule has 9 heteroatoms. The molecule has 0 saturated carbocycles. The Balaban J connectivity index is 1.63. The van der Waals surface area contributed by atoms with Crippen molar-refractivity contribution in [2.45, 2.75) is 11.3 Å². The van der Waals surface area contributed by atoms with Crippen LogP contribution in [0.15, 0.2) is 41.4 Å². The number of hydrogen-bond acceptors (Lipinski definition) is 7. The second kappa shape index (κ2) is 6.98. The predicted octanol–water partition coefficient (Wildman–Crippen LogP) is 1.24. The predicted molar refractivity (Wildman–Crippen MR) is 91.4 cm³/mol. The zero-order chi connectivity index (χ0) is 17.9. The lowest BCUT2D eigenvalue weighted by Gasteiger charge is -2.18. The van der Waals surface area contributed by atoms with Gasteiger partial charge in [-0.25, -0.2) is 13.4 Å². The highest BCUT2D eigenvalue weighted by molar-refractivity contribution is 7.91. The lowest BCUT2D eigenvalue weighted by Crippen LogP contribution is -2.18. The highest BCUT2D eigenvalue weighted by Crippen LogP contribution is 2.32. The molecule has 1 amide bonds. The Kier molecular flexibility index (Phi) is 4.75. The number of nitrogens with zero attached hydrogens (tertiary/aromatic N) is 1. The molecule has 0 saturated heterocycles. The van der Waals surface area contributed by atoms with Crippen molar-refractivity contribution in [2.75, 3.05) is 30.0 Å². The van der Waals surface area contributed by atoms with Gasteiger partial charge in [0.25, 0.3) is 0 Å². The van der Waals surface area contributed by atoms with Crippen LogP contribution in [0.25, 0.3) is 0 Å². The highest BCUT2D eigenvalue weighted by atomic mass is 32.2. The summed E-state index contributed by atoms with van der Waals surface area (Å²) in [5.74, 6) is 0.497. The second-order valence-electron chi connectivity index (χ2n) is 5.39. The van der Waals surface area contributed by atoms with Crippen LogP contribution in [0.5, 0.6) is 11.5 Å². The van der Waals surface area contributed by atoms with Gasteiger partial charge in [-0.05, 0) is 24.3 Å². The first-order valence-corrected chi connectivity index (χ1v) is 9.23. The molecule has 3 rings (SSSR count). The van der Waals surface area contributed by atoms with Gasteiger partial charge in [-0.15, -0.1) is 0 Å². The molecule has 2 aromatic rings. The van der Waals surface area contributed by atoms with Gasteiger partial charge in [0.05, 0.1) is 22.5 Å². The number of anilines is 2. The van der Waals surface area contributed by atoms with E-state index < -0.39 is 15.7 Å². The molecule has 0 bridgehead atoms. The normalized spacial score (nSPS) is 13.3. The third-order valence-corrected chi connectivity index (χ3v) is 5.25. The van der Waals surface area contributed by atoms with E-state index in [0.29, 0.717) is 36.2 Å². The molecule has 0 aliphatic carbocycles. The van der Waals surface area contributed by atoms with Crippen molar-refractivity contribution >= 4 is 27.2 Å². The summed E-state index contributed by atoms with van der Waals surface area (Å²) in [6, 6.07) is 7.56. The molecule has 0 unspecified atom stereocenters. The van der Waals surface area contributed by atoms with Gasteiger partial charge in [0.2, 0.25) is 5.91 Å². The van der Waals surface area contributed by atoms with E-state index in [9.17, 15) is 13.2 Å². The third kappa shape index (κ3) is 4.18. The molecule has 3 N–H and O–H groups in total. The minimum atomic E-state index is -3.62. The number of carbonyl (C=O) groups is 1. The van der Waals surface area contributed by atoms with E-state index in [1.807, 2.05) is 0 Å². The largest absolute Gasteiger partial charge is 0.486 e. The molecule has 132 valence electrons. The lowest BCUT2D eigenvalue weighted by atomic mass is 10.3. The number of nitrogens with one attached hydrogen (secondary N) is 1. The number of ether oxygens (including phenoxy) is 2. The number of pyridine rings is 1. The quantitative estimate of drug-likeness (QED) is 0.820. The zero-order valence-corrected chi connectivity index (χ0v) is 14.1. The molecule has 0 radical (unpaired) electrons. The molecule has 0 fully saturated rings. The highest BCUT2D eigenvalue weighted by Gasteiger charge is 2.20. The van der Waals surface area contributed by atoms with E-state index in [1.54, 1.807) is 18.2 Å². The van der Waals surface area contributed by atoms with Crippen molar-refractivity contribution in [2.24, 2.45) is 0 Å². The zero-order valence-electron chi connectivity index (χ0n) is 13.3. The van der Waals surface area contributed by atoms with Gasteiger partial charge in [0.15, 0.2) is 21.3 Å². The summed E-state index contributed by atoms with van der Waals surface area (Å²) >= 11 is 0. The van der Waals surface area contributed by atoms with E-state index in [-0.39, 0.29) is 17.1 Å². The smallest absolute Gasteiger partial charge is 0.225 e. The van der Waals surface area contributed by atoms with Crippen LogP contribution in [0.4, 0.5) is 11.5 Å². The van der Waals surface area contributed by atoms with Crippen LogP contribution in [-0.4, -0.2) is 38.3 Å². The fourth-order valence-corrected chi connectivity index (χ4v) is 3.52. The third-order valence-electron chi connectivity index (χ3n) is 3.54. The fraction of sp³-hybridized carbons (Fsp3) is 0.250. The maximum absolute atomic E-state index is 12.4. The molecule has 25 heavy (non-hydrogen) atoms. The van der Waals surface area contributed by atoms with Gasteiger partial charge in [-0.1, -0.05) is 0 Å². The van der Waals surface area contributed by atoms with E-state index in [2.05, 4.69) is 10.3 Å².